The van der Waals surface area contributed by atoms with Crippen LogP contribution in [-0.2, 0) is 11.8 Å². The highest BCUT2D eigenvalue weighted by molar-refractivity contribution is 6.33. The number of halogens is 2. The van der Waals surface area contributed by atoms with Crippen LogP contribution in [0.15, 0.2) is 27.9 Å². The maximum absolute atomic E-state index is 14.3. The van der Waals surface area contributed by atoms with Gasteiger partial charge in [-0.25, -0.2) is 18.5 Å². The lowest BCUT2D eigenvalue weighted by atomic mass is 10.2. The summed E-state index contributed by atoms with van der Waals surface area (Å²) in [5, 5.41) is -0.167. The van der Waals surface area contributed by atoms with Gasteiger partial charge in [0.2, 0.25) is 0 Å². The van der Waals surface area contributed by atoms with Gasteiger partial charge >= 0.3 is 11.7 Å². The number of aryl methyl sites for hydroxylation is 2. The molecular formula is C16H16ClFN2O4. The van der Waals surface area contributed by atoms with Crippen LogP contribution in [0.25, 0.3) is 5.69 Å². The van der Waals surface area contributed by atoms with Gasteiger partial charge in [-0.05, 0) is 32.9 Å². The van der Waals surface area contributed by atoms with Crippen LogP contribution in [-0.4, -0.2) is 21.2 Å². The number of benzene rings is 1. The highest BCUT2D eigenvalue weighted by Crippen LogP contribution is 2.23. The quantitative estimate of drug-likeness (QED) is 0.792. The zero-order valence-corrected chi connectivity index (χ0v) is 14.3. The molecule has 0 unspecified atom stereocenters. The number of hydrogen-bond acceptors (Lipinski definition) is 4. The van der Waals surface area contributed by atoms with Crippen LogP contribution in [0.1, 0.15) is 29.8 Å². The van der Waals surface area contributed by atoms with Crippen LogP contribution >= 0.6 is 11.6 Å². The van der Waals surface area contributed by atoms with Crippen LogP contribution in [0.4, 0.5) is 4.39 Å². The number of carbonyl (C=O) groups is 1. The Morgan fingerprint density at radius 2 is 1.92 bits per heavy atom. The third kappa shape index (κ3) is 3.26. The highest BCUT2D eigenvalue weighted by Gasteiger charge is 2.20. The van der Waals surface area contributed by atoms with Crippen LogP contribution in [0.3, 0.4) is 0 Å². The molecule has 0 amide bonds. The number of rotatable bonds is 3. The molecule has 0 saturated carbocycles. The average Bonchev–Trinajstić information content (AvgIpc) is 2.46. The van der Waals surface area contributed by atoms with E-state index < -0.39 is 29.1 Å². The Hall–Kier alpha value is -2.41. The molecule has 6 nitrogen and oxygen atoms in total. The van der Waals surface area contributed by atoms with Crippen LogP contribution in [0.5, 0.6) is 0 Å². The van der Waals surface area contributed by atoms with E-state index >= 15 is 0 Å². The van der Waals surface area contributed by atoms with Crippen molar-refractivity contribution < 1.29 is 13.9 Å². The van der Waals surface area contributed by atoms with E-state index in [0.29, 0.717) is 4.57 Å². The van der Waals surface area contributed by atoms with E-state index in [1.807, 2.05) is 0 Å². The third-order valence-corrected chi connectivity index (χ3v) is 3.57. The van der Waals surface area contributed by atoms with Crippen molar-refractivity contribution in [3.05, 3.63) is 61.1 Å². The summed E-state index contributed by atoms with van der Waals surface area (Å²) < 4.78 is 21.2. The molecule has 1 aromatic heterocycles. The first-order chi connectivity index (χ1) is 11.1. The maximum Gasteiger partial charge on any atom is 0.339 e. The molecule has 0 aliphatic rings. The summed E-state index contributed by atoms with van der Waals surface area (Å²) in [6.45, 7) is 4.80. The lowest BCUT2D eigenvalue weighted by Crippen LogP contribution is -2.39. The van der Waals surface area contributed by atoms with E-state index in [9.17, 15) is 18.8 Å². The van der Waals surface area contributed by atoms with Gasteiger partial charge in [-0.3, -0.25) is 4.79 Å². The second kappa shape index (κ2) is 6.60. The van der Waals surface area contributed by atoms with Crippen molar-refractivity contribution in [3.8, 4) is 5.69 Å². The van der Waals surface area contributed by atoms with Crippen molar-refractivity contribution in [1.82, 2.24) is 9.13 Å². The summed E-state index contributed by atoms with van der Waals surface area (Å²) >= 11 is 5.90. The number of esters is 1. The van der Waals surface area contributed by atoms with E-state index in [1.54, 1.807) is 13.8 Å². The summed E-state index contributed by atoms with van der Waals surface area (Å²) in [4.78, 5) is 36.6. The Kier molecular flexibility index (Phi) is 4.94. The zero-order valence-electron chi connectivity index (χ0n) is 13.6. The van der Waals surface area contributed by atoms with E-state index in [4.69, 9.17) is 16.3 Å². The Bertz CT molecular complexity index is 897. The minimum absolute atomic E-state index is 0.128. The Morgan fingerprint density at radius 1 is 1.29 bits per heavy atom. The molecule has 0 aliphatic carbocycles. The Balaban J connectivity index is 2.76. The number of carbonyl (C=O) groups excluding carboxylic acids is 1. The molecule has 2 aromatic rings. The largest absolute Gasteiger partial charge is 0.459 e. The van der Waals surface area contributed by atoms with Gasteiger partial charge in [-0.15, -0.1) is 0 Å². The molecule has 1 aromatic carbocycles. The molecule has 0 saturated heterocycles. The van der Waals surface area contributed by atoms with Crippen LogP contribution in [0, 0.1) is 12.7 Å². The van der Waals surface area contributed by atoms with Gasteiger partial charge in [0.15, 0.2) is 0 Å². The first-order valence-electron chi connectivity index (χ1n) is 7.13. The molecular weight excluding hydrogens is 339 g/mol. The predicted molar refractivity (Wildman–Crippen MR) is 87.5 cm³/mol. The smallest absolute Gasteiger partial charge is 0.339 e. The van der Waals surface area contributed by atoms with Crippen molar-refractivity contribution >= 4 is 17.6 Å². The topological polar surface area (TPSA) is 70.3 Å². The second-order valence-corrected chi connectivity index (χ2v) is 5.99. The first-order valence-corrected chi connectivity index (χ1v) is 7.51. The fourth-order valence-corrected chi connectivity index (χ4v) is 2.40. The third-order valence-electron chi connectivity index (χ3n) is 3.26. The van der Waals surface area contributed by atoms with E-state index in [-0.39, 0.29) is 21.8 Å². The monoisotopic (exact) mass is 354 g/mol. The van der Waals surface area contributed by atoms with Crippen molar-refractivity contribution in [2.45, 2.75) is 26.9 Å². The number of ether oxygens (including phenoxy) is 1. The van der Waals surface area contributed by atoms with Gasteiger partial charge in [-0.2, -0.15) is 0 Å². The molecule has 1 heterocycles. The summed E-state index contributed by atoms with van der Waals surface area (Å²) in [5.41, 5.74) is -1.66. The van der Waals surface area contributed by atoms with E-state index in [2.05, 4.69) is 0 Å². The van der Waals surface area contributed by atoms with E-state index in [1.165, 1.54) is 20.2 Å². The normalized spacial score (nSPS) is 11.0. The molecule has 2 rings (SSSR count). The highest BCUT2D eigenvalue weighted by atomic mass is 35.5. The molecule has 0 bridgehead atoms. The van der Waals surface area contributed by atoms with Gasteiger partial charge in [0.05, 0.1) is 22.4 Å². The van der Waals surface area contributed by atoms with Gasteiger partial charge in [0.25, 0.3) is 5.56 Å². The summed E-state index contributed by atoms with van der Waals surface area (Å²) in [7, 11) is 1.44. The molecule has 0 aliphatic heterocycles. The molecule has 0 fully saturated rings. The molecule has 0 spiro atoms. The van der Waals surface area contributed by atoms with E-state index in [0.717, 1.165) is 16.7 Å². The van der Waals surface area contributed by atoms with Crippen LogP contribution in [0.2, 0.25) is 5.02 Å². The molecule has 8 heteroatoms. The molecule has 0 atom stereocenters. The summed E-state index contributed by atoms with van der Waals surface area (Å²) in [6.07, 6.45) is 0.944. The SMILES string of the molecule is Cc1cn(C)c(=O)n(-c2cc(C(=O)OC(C)C)c(Cl)cc2F)c1=O. The first kappa shape index (κ1) is 17.9. The Morgan fingerprint density at radius 3 is 2.50 bits per heavy atom. The van der Waals surface area contributed by atoms with Gasteiger partial charge in [-0.1, -0.05) is 11.6 Å². The number of aromatic nitrogens is 2. The summed E-state index contributed by atoms with van der Waals surface area (Å²) in [5.74, 6) is -1.67. The molecule has 24 heavy (non-hydrogen) atoms. The number of hydrogen-bond donors (Lipinski definition) is 0. The lowest BCUT2D eigenvalue weighted by Gasteiger charge is -2.13. The predicted octanol–water partition coefficient (Wildman–Crippen LogP) is 2.20. The fraction of sp³-hybridized carbons (Fsp3) is 0.312. The Labute approximate surface area is 142 Å². The average molecular weight is 355 g/mol. The summed E-state index contributed by atoms with van der Waals surface area (Å²) in [6, 6.07) is 1.92. The standard InChI is InChI=1S/C16H16ClFN2O4/c1-8(2)24-15(22)10-5-13(12(18)6-11(10)17)20-14(21)9(3)7-19(4)16(20)23/h5-8H,1-4H3. The van der Waals surface area contributed by atoms with Gasteiger partial charge in [0.1, 0.15) is 5.82 Å². The lowest BCUT2D eigenvalue weighted by molar-refractivity contribution is 0.0378. The number of nitrogens with zero attached hydrogens (tertiary/aromatic N) is 2. The second-order valence-electron chi connectivity index (χ2n) is 5.58. The van der Waals surface area contributed by atoms with Crippen molar-refractivity contribution in [2.75, 3.05) is 0 Å². The zero-order chi connectivity index (χ0) is 18.2. The van der Waals surface area contributed by atoms with Gasteiger partial charge < -0.3 is 9.30 Å². The molecule has 0 N–H and O–H groups in total. The van der Waals surface area contributed by atoms with Crippen molar-refractivity contribution in [1.29, 1.82) is 0 Å². The van der Waals surface area contributed by atoms with Gasteiger partial charge in [0, 0.05) is 18.8 Å². The van der Waals surface area contributed by atoms with Crippen molar-refractivity contribution in [2.24, 2.45) is 7.05 Å². The maximum atomic E-state index is 14.3. The minimum Gasteiger partial charge on any atom is -0.459 e. The van der Waals surface area contributed by atoms with Crippen molar-refractivity contribution in [3.63, 3.8) is 0 Å². The van der Waals surface area contributed by atoms with Crippen LogP contribution < -0.4 is 11.2 Å². The fourth-order valence-electron chi connectivity index (χ4n) is 2.18. The molecule has 128 valence electrons. The molecule has 0 radical (unpaired) electrons. The minimum atomic E-state index is -0.897.